The van der Waals surface area contributed by atoms with E-state index in [1.165, 1.54) is 6.08 Å². The molecule has 29 heavy (non-hydrogen) atoms. The molecule has 2 atom stereocenters. The van der Waals surface area contributed by atoms with Crippen LogP contribution in [0.25, 0.3) is 0 Å². The van der Waals surface area contributed by atoms with Gasteiger partial charge in [-0.15, -0.1) is 0 Å². The van der Waals surface area contributed by atoms with Gasteiger partial charge in [0, 0.05) is 10.0 Å². The molecule has 0 N–H and O–H groups in total. The Morgan fingerprint density at radius 2 is 1.79 bits per heavy atom. The summed E-state index contributed by atoms with van der Waals surface area (Å²) in [6.45, 7) is 1.77. The summed E-state index contributed by atoms with van der Waals surface area (Å²) in [5.41, 5.74) is 0.974. The summed E-state index contributed by atoms with van der Waals surface area (Å²) >= 11 is 3.38. The molecule has 0 radical (unpaired) electrons. The van der Waals surface area contributed by atoms with E-state index in [9.17, 15) is 18.0 Å². The van der Waals surface area contributed by atoms with E-state index in [0.29, 0.717) is 11.1 Å². The second-order valence-corrected chi connectivity index (χ2v) is 9.37. The van der Waals surface area contributed by atoms with Crippen LogP contribution in [0.4, 0.5) is 0 Å². The number of sulfonamides is 1. The molecule has 1 aliphatic rings. The third kappa shape index (κ3) is 4.49. The lowest BCUT2D eigenvalue weighted by molar-refractivity contribution is -0.138. The molecule has 1 heterocycles. The fraction of sp³-hybridized carbons (Fsp3) is 0.238. The van der Waals surface area contributed by atoms with E-state index in [1.807, 2.05) is 6.07 Å². The number of carbonyl (C=O) groups is 2. The molecule has 3 rings (SSSR count). The SMILES string of the molecule is CCOC(=O)C1=CC(c2cccc(Br)c2)N(S(C)(=O)=O)C1C(=O)c1ccccc1. The Balaban J connectivity index is 2.17. The zero-order valence-corrected chi connectivity index (χ0v) is 18.3. The predicted octanol–water partition coefficient (Wildman–Crippen LogP) is 3.51. The number of rotatable bonds is 6. The highest BCUT2D eigenvalue weighted by Gasteiger charge is 2.47. The van der Waals surface area contributed by atoms with E-state index in [0.717, 1.165) is 15.0 Å². The van der Waals surface area contributed by atoms with Gasteiger partial charge in [-0.2, -0.15) is 4.31 Å². The number of carbonyl (C=O) groups excluding carboxylic acids is 2. The molecule has 0 aliphatic carbocycles. The quantitative estimate of drug-likeness (QED) is 0.469. The van der Waals surface area contributed by atoms with Crippen LogP contribution in [0.2, 0.25) is 0 Å². The first-order valence-electron chi connectivity index (χ1n) is 8.96. The molecule has 2 unspecified atom stereocenters. The van der Waals surface area contributed by atoms with Crippen LogP contribution in [0.1, 0.15) is 28.9 Å². The molecule has 0 fully saturated rings. The van der Waals surface area contributed by atoms with Gasteiger partial charge in [-0.3, -0.25) is 4.79 Å². The van der Waals surface area contributed by atoms with E-state index in [2.05, 4.69) is 15.9 Å². The lowest BCUT2D eigenvalue weighted by Gasteiger charge is -2.28. The molecule has 152 valence electrons. The number of ether oxygens (including phenoxy) is 1. The summed E-state index contributed by atoms with van der Waals surface area (Å²) in [6.07, 6.45) is 2.54. The van der Waals surface area contributed by atoms with E-state index < -0.39 is 33.9 Å². The minimum atomic E-state index is -3.86. The van der Waals surface area contributed by atoms with Crippen LogP contribution in [0.5, 0.6) is 0 Å². The first-order chi connectivity index (χ1) is 13.7. The van der Waals surface area contributed by atoms with Crippen LogP contribution < -0.4 is 0 Å². The predicted molar refractivity (Wildman–Crippen MR) is 113 cm³/mol. The maximum Gasteiger partial charge on any atom is 0.335 e. The van der Waals surface area contributed by atoms with Crippen molar-refractivity contribution >= 4 is 37.7 Å². The van der Waals surface area contributed by atoms with Crippen molar-refractivity contribution in [3.63, 3.8) is 0 Å². The highest BCUT2D eigenvalue weighted by Crippen LogP contribution is 2.39. The van der Waals surface area contributed by atoms with Gasteiger partial charge in [0.15, 0.2) is 5.78 Å². The van der Waals surface area contributed by atoms with Gasteiger partial charge >= 0.3 is 5.97 Å². The second kappa shape index (κ2) is 8.61. The van der Waals surface area contributed by atoms with Crippen molar-refractivity contribution in [3.05, 3.63) is 81.8 Å². The lowest BCUT2D eigenvalue weighted by Crippen LogP contribution is -2.44. The van der Waals surface area contributed by atoms with E-state index in [-0.39, 0.29) is 12.2 Å². The smallest absolute Gasteiger partial charge is 0.335 e. The average Bonchev–Trinajstić information content (AvgIpc) is 3.09. The molecule has 0 saturated heterocycles. The molecule has 6 nitrogen and oxygen atoms in total. The van der Waals surface area contributed by atoms with Crippen molar-refractivity contribution in [1.29, 1.82) is 0 Å². The fourth-order valence-electron chi connectivity index (χ4n) is 3.38. The summed E-state index contributed by atoms with van der Waals surface area (Å²) in [6, 6.07) is 13.3. The van der Waals surface area contributed by atoms with Gasteiger partial charge < -0.3 is 4.74 Å². The number of hydrogen-bond donors (Lipinski definition) is 0. The first kappa shape index (κ1) is 21.4. The third-order valence-corrected chi connectivity index (χ3v) is 6.25. The Labute approximate surface area is 178 Å². The first-order valence-corrected chi connectivity index (χ1v) is 11.6. The zero-order valence-electron chi connectivity index (χ0n) is 15.9. The molecular formula is C21H20BrNO5S. The molecule has 0 bridgehead atoms. The minimum Gasteiger partial charge on any atom is -0.463 e. The van der Waals surface area contributed by atoms with Crippen LogP contribution in [0.15, 0.2) is 70.7 Å². The largest absolute Gasteiger partial charge is 0.463 e. The number of hydrogen-bond acceptors (Lipinski definition) is 5. The Morgan fingerprint density at radius 1 is 1.10 bits per heavy atom. The van der Waals surface area contributed by atoms with E-state index >= 15 is 0 Å². The average molecular weight is 478 g/mol. The molecule has 2 aromatic carbocycles. The lowest BCUT2D eigenvalue weighted by atomic mass is 9.99. The van der Waals surface area contributed by atoms with E-state index in [1.54, 1.807) is 55.5 Å². The number of halogens is 1. The molecule has 0 amide bonds. The number of esters is 1. The Bertz CT molecular complexity index is 1070. The summed E-state index contributed by atoms with van der Waals surface area (Å²) in [5, 5.41) is 0. The number of nitrogens with zero attached hydrogens (tertiary/aromatic N) is 1. The van der Waals surface area contributed by atoms with Gasteiger partial charge in [0.1, 0.15) is 6.04 Å². The number of benzene rings is 2. The van der Waals surface area contributed by atoms with Crippen LogP contribution in [0.3, 0.4) is 0 Å². The van der Waals surface area contributed by atoms with Gasteiger partial charge in [-0.1, -0.05) is 58.4 Å². The van der Waals surface area contributed by atoms with Crippen molar-refractivity contribution in [2.24, 2.45) is 0 Å². The summed E-state index contributed by atoms with van der Waals surface area (Å²) < 4.78 is 32.5. The molecule has 0 saturated carbocycles. The maximum absolute atomic E-state index is 13.3. The van der Waals surface area contributed by atoms with Gasteiger partial charge in [0.05, 0.1) is 24.5 Å². The normalized spacial score (nSPS) is 19.6. The number of Topliss-reactive ketones (excluding diaryl/α,β-unsaturated/α-hetero) is 1. The van der Waals surface area contributed by atoms with Gasteiger partial charge in [0.2, 0.25) is 10.0 Å². The summed E-state index contributed by atoms with van der Waals surface area (Å²) in [7, 11) is -3.86. The van der Waals surface area contributed by atoms with Crippen molar-refractivity contribution < 1.29 is 22.7 Å². The molecule has 8 heteroatoms. The zero-order chi connectivity index (χ0) is 21.2. The summed E-state index contributed by atoms with van der Waals surface area (Å²) in [5.74, 6) is -1.18. The maximum atomic E-state index is 13.3. The van der Waals surface area contributed by atoms with Crippen LogP contribution in [-0.2, 0) is 19.6 Å². The Kier molecular flexibility index (Phi) is 6.36. The van der Waals surface area contributed by atoms with E-state index in [4.69, 9.17) is 4.74 Å². The fourth-order valence-corrected chi connectivity index (χ4v) is 4.98. The molecule has 0 aromatic heterocycles. The standard InChI is InChI=1S/C21H20BrNO5S/c1-3-28-21(25)17-13-18(15-10-7-11-16(22)12-15)23(29(2,26)27)19(17)20(24)14-8-5-4-6-9-14/h4-13,18-19H,3H2,1-2H3. The van der Waals surface area contributed by atoms with Crippen LogP contribution in [-0.4, -0.2) is 43.4 Å². The summed E-state index contributed by atoms with van der Waals surface area (Å²) in [4.78, 5) is 25.9. The van der Waals surface area contributed by atoms with Crippen molar-refractivity contribution in [2.75, 3.05) is 12.9 Å². The van der Waals surface area contributed by atoms with Crippen LogP contribution in [0, 0.1) is 0 Å². The molecule has 1 aliphatic heterocycles. The van der Waals surface area contributed by atoms with Crippen LogP contribution >= 0.6 is 15.9 Å². The molecular weight excluding hydrogens is 458 g/mol. The minimum absolute atomic E-state index is 0.0242. The molecule has 2 aromatic rings. The van der Waals surface area contributed by atoms with Crippen molar-refractivity contribution in [1.82, 2.24) is 4.31 Å². The third-order valence-electron chi connectivity index (χ3n) is 4.55. The Hall–Kier alpha value is -2.29. The Morgan fingerprint density at radius 3 is 2.38 bits per heavy atom. The second-order valence-electron chi connectivity index (χ2n) is 6.57. The number of ketones is 1. The van der Waals surface area contributed by atoms with Gasteiger partial charge in [-0.25, -0.2) is 13.2 Å². The highest BCUT2D eigenvalue weighted by molar-refractivity contribution is 9.10. The highest BCUT2D eigenvalue weighted by atomic mass is 79.9. The van der Waals surface area contributed by atoms with Crippen molar-refractivity contribution in [3.8, 4) is 0 Å². The van der Waals surface area contributed by atoms with Gasteiger partial charge in [0.25, 0.3) is 0 Å². The van der Waals surface area contributed by atoms with Crippen molar-refractivity contribution in [2.45, 2.75) is 19.0 Å². The van der Waals surface area contributed by atoms with Gasteiger partial charge in [-0.05, 0) is 30.7 Å². The monoisotopic (exact) mass is 477 g/mol. The molecule has 0 spiro atoms. The topological polar surface area (TPSA) is 80.8 Å².